The fourth-order valence-electron chi connectivity index (χ4n) is 2.82. The zero-order valence-electron chi connectivity index (χ0n) is 10.4. The normalized spacial score (nSPS) is 20.6. The Hall–Kier alpha value is -1.45. The highest BCUT2D eigenvalue weighted by Gasteiger charge is 2.23. The van der Waals surface area contributed by atoms with Gasteiger partial charge in [0, 0.05) is 24.2 Å². The number of benzene rings is 1. The quantitative estimate of drug-likeness (QED) is 0.896. The van der Waals surface area contributed by atoms with E-state index in [0.717, 1.165) is 25.0 Å². The number of para-hydroxylation sites is 1. The molecule has 18 heavy (non-hydrogen) atoms. The van der Waals surface area contributed by atoms with Crippen LogP contribution in [0.5, 0.6) is 0 Å². The molecule has 0 spiro atoms. The second kappa shape index (κ2) is 5.04. The molecule has 3 rings (SSSR count). The van der Waals surface area contributed by atoms with Crippen molar-refractivity contribution in [1.82, 2.24) is 9.88 Å². The Labute approximate surface area is 107 Å². The minimum atomic E-state index is 0.262. The molecule has 1 saturated heterocycles. The highest BCUT2D eigenvalue weighted by atomic mass is 16.3. The van der Waals surface area contributed by atoms with Crippen LogP contribution in [0.2, 0.25) is 0 Å². The Balaban J connectivity index is 1.90. The number of pyridine rings is 1. The van der Waals surface area contributed by atoms with Crippen LogP contribution >= 0.6 is 0 Å². The lowest BCUT2D eigenvalue weighted by atomic mass is 10.1. The molecule has 1 aliphatic heterocycles. The van der Waals surface area contributed by atoms with Crippen LogP contribution < -0.4 is 0 Å². The van der Waals surface area contributed by atoms with E-state index in [1.807, 2.05) is 12.3 Å². The molecule has 0 saturated carbocycles. The molecule has 0 amide bonds. The maximum atomic E-state index is 9.37. The molecule has 1 fully saturated rings. The van der Waals surface area contributed by atoms with Gasteiger partial charge in [-0.2, -0.15) is 0 Å². The largest absolute Gasteiger partial charge is 0.395 e. The Morgan fingerprint density at radius 3 is 3.06 bits per heavy atom. The summed E-state index contributed by atoms with van der Waals surface area (Å²) in [4.78, 5) is 6.85. The highest BCUT2D eigenvalue weighted by molar-refractivity contribution is 5.81. The van der Waals surface area contributed by atoms with Gasteiger partial charge in [0.1, 0.15) is 0 Å². The summed E-state index contributed by atoms with van der Waals surface area (Å²) in [7, 11) is 0. The molecule has 0 bridgehead atoms. The lowest BCUT2D eigenvalue weighted by molar-refractivity contribution is 0.154. The van der Waals surface area contributed by atoms with Crippen molar-refractivity contribution in [2.75, 3.05) is 13.2 Å². The van der Waals surface area contributed by atoms with E-state index < -0.39 is 0 Å². The summed E-state index contributed by atoms with van der Waals surface area (Å²) < 4.78 is 0. The Morgan fingerprint density at radius 1 is 1.28 bits per heavy atom. The van der Waals surface area contributed by atoms with Crippen LogP contribution in [0, 0.1) is 0 Å². The van der Waals surface area contributed by atoms with Gasteiger partial charge in [0.05, 0.1) is 12.1 Å². The van der Waals surface area contributed by atoms with E-state index in [1.54, 1.807) is 0 Å². The van der Waals surface area contributed by atoms with Crippen molar-refractivity contribution in [2.45, 2.75) is 25.4 Å². The van der Waals surface area contributed by atoms with Crippen molar-refractivity contribution in [3.8, 4) is 0 Å². The number of aromatic nitrogens is 1. The average Bonchev–Trinajstić information content (AvgIpc) is 2.86. The predicted octanol–water partition coefficient (Wildman–Crippen LogP) is 2.19. The first kappa shape index (κ1) is 11.6. The molecule has 0 unspecified atom stereocenters. The topological polar surface area (TPSA) is 36.4 Å². The van der Waals surface area contributed by atoms with Gasteiger partial charge in [-0.05, 0) is 31.0 Å². The second-order valence-electron chi connectivity index (χ2n) is 4.94. The summed E-state index contributed by atoms with van der Waals surface area (Å²) in [6.45, 7) is 2.23. The van der Waals surface area contributed by atoms with Crippen LogP contribution in [0.3, 0.4) is 0 Å². The lowest BCUT2D eigenvalue weighted by Crippen LogP contribution is -2.31. The minimum absolute atomic E-state index is 0.262. The first-order chi connectivity index (χ1) is 8.88. The number of rotatable bonds is 3. The molecule has 1 aromatic carbocycles. The minimum Gasteiger partial charge on any atom is -0.395 e. The van der Waals surface area contributed by atoms with E-state index in [2.05, 4.69) is 34.1 Å². The van der Waals surface area contributed by atoms with E-state index in [1.165, 1.54) is 17.4 Å². The molecule has 1 N–H and O–H groups in total. The summed E-state index contributed by atoms with van der Waals surface area (Å²) in [5.41, 5.74) is 2.34. The zero-order chi connectivity index (χ0) is 12.4. The number of hydrogen-bond donors (Lipinski definition) is 1. The first-order valence-electron chi connectivity index (χ1n) is 6.56. The first-order valence-corrected chi connectivity index (χ1v) is 6.56. The zero-order valence-corrected chi connectivity index (χ0v) is 10.4. The smallest absolute Gasteiger partial charge is 0.0746 e. The summed E-state index contributed by atoms with van der Waals surface area (Å²) in [5, 5.41) is 10.6. The number of fused-ring (bicyclic) bond motifs is 1. The van der Waals surface area contributed by atoms with E-state index >= 15 is 0 Å². The van der Waals surface area contributed by atoms with Crippen molar-refractivity contribution in [2.24, 2.45) is 0 Å². The number of nitrogens with zero attached hydrogens (tertiary/aromatic N) is 2. The third-order valence-corrected chi connectivity index (χ3v) is 3.80. The molecular formula is C15H18N2O. The van der Waals surface area contributed by atoms with Gasteiger partial charge in [-0.25, -0.2) is 0 Å². The molecule has 0 aliphatic carbocycles. The van der Waals surface area contributed by atoms with Crippen molar-refractivity contribution in [1.29, 1.82) is 0 Å². The SMILES string of the molecule is OC[C@@H]1CCCN1Cc1cccc2cccnc12. The average molecular weight is 242 g/mol. The van der Waals surface area contributed by atoms with Gasteiger partial charge in [-0.1, -0.05) is 24.3 Å². The van der Waals surface area contributed by atoms with Gasteiger partial charge >= 0.3 is 0 Å². The fraction of sp³-hybridized carbons (Fsp3) is 0.400. The van der Waals surface area contributed by atoms with Gasteiger partial charge in [-0.15, -0.1) is 0 Å². The lowest BCUT2D eigenvalue weighted by Gasteiger charge is -2.23. The van der Waals surface area contributed by atoms with Crippen LogP contribution in [0.4, 0.5) is 0 Å². The van der Waals surface area contributed by atoms with Crippen molar-refractivity contribution in [3.05, 3.63) is 42.1 Å². The molecule has 3 nitrogen and oxygen atoms in total. The maximum Gasteiger partial charge on any atom is 0.0746 e. The Kier molecular flexibility index (Phi) is 3.26. The standard InChI is InChI=1S/C15H18N2O/c18-11-14-7-3-9-17(14)10-13-5-1-4-12-6-2-8-16-15(12)13/h1-2,4-6,8,14,18H,3,7,9-11H2/t14-/m0/s1. The fourth-order valence-corrected chi connectivity index (χ4v) is 2.82. The van der Waals surface area contributed by atoms with Crippen LogP contribution in [-0.2, 0) is 6.54 Å². The summed E-state index contributed by atoms with van der Waals surface area (Å²) in [6.07, 6.45) is 4.14. The van der Waals surface area contributed by atoms with Gasteiger partial charge in [0.2, 0.25) is 0 Å². The predicted molar refractivity (Wildman–Crippen MR) is 72.3 cm³/mol. The summed E-state index contributed by atoms with van der Waals surface area (Å²) in [6, 6.07) is 10.7. The third kappa shape index (κ3) is 2.11. The van der Waals surface area contributed by atoms with Crippen molar-refractivity contribution in [3.63, 3.8) is 0 Å². The van der Waals surface area contributed by atoms with E-state index in [9.17, 15) is 5.11 Å². The molecule has 1 aliphatic rings. The van der Waals surface area contributed by atoms with Gasteiger partial charge in [-0.3, -0.25) is 9.88 Å². The highest BCUT2D eigenvalue weighted by Crippen LogP contribution is 2.23. The van der Waals surface area contributed by atoms with Crippen molar-refractivity contribution < 1.29 is 5.11 Å². The maximum absolute atomic E-state index is 9.37. The van der Waals surface area contributed by atoms with Gasteiger partial charge in [0.15, 0.2) is 0 Å². The van der Waals surface area contributed by atoms with Gasteiger partial charge in [0.25, 0.3) is 0 Å². The number of aliphatic hydroxyl groups is 1. The number of aliphatic hydroxyl groups excluding tert-OH is 1. The van der Waals surface area contributed by atoms with Crippen molar-refractivity contribution >= 4 is 10.9 Å². The third-order valence-electron chi connectivity index (χ3n) is 3.80. The monoisotopic (exact) mass is 242 g/mol. The Morgan fingerprint density at radius 2 is 2.17 bits per heavy atom. The second-order valence-corrected chi connectivity index (χ2v) is 4.94. The summed E-state index contributed by atoms with van der Waals surface area (Å²) >= 11 is 0. The van der Waals surface area contributed by atoms with E-state index in [-0.39, 0.29) is 6.61 Å². The van der Waals surface area contributed by atoms with E-state index in [4.69, 9.17) is 0 Å². The molecule has 0 radical (unpaired) electrons. The number of likely N-dealkylation sites (tertiary alicyclic amines) is 1. The molecule has 94 valence electrons. The number of hydrogen-bond acceptors (Lipinski definition) is 3. The van der Waals surface area contributed by atoms with Crippen LogP contribution in [0.25, 0.3) is 10.9 Å². The molecule has 2 heterocycles. The summed E-state index contributed by atoms with van der Waals surface area (Å²) in [5.74, 6) is 0. The molecule has 2 aromatic rings. The Bertz CT molecular complexity index is 536. The van der Waals surface area contributed by atoms with Crippen LogP contribution in [0.1, 0.15) is 18.4 Å². The van der Waals surface area contributed by atoms with Gasteiger partial charge < -0.3 is 5.11 Å². The molecule has 1 atom stereocenters. The molecule has 1 aromatic heterocycles. The van der Waals surface area contributed by atoms with Crippen LogP contribution in [-0.4, -0.2) is 34.2 Å². The van der Waals surface area contributed by atoms with E-state index in [0.29, 0.717) is 6.04 Å². The molecular weight excluding hydrogens is 224 g/mol. The molecule has 3 heteroatoms. The van der Waals surface area contributed by atoms with Crippen LogP contribution in [0.15, 0.2) is 36.5 Å².